The van der Waals surface area contributed by atoms with Crippen molar-refractivity contribution in [2.75, 3.05) is 5.32 Å². The number of aromatic nitrogens is 1. The predicted molar refractivity (Wildman–Crippen MR) is 89.0 cm³/mol. The van der Waals surface area contributed by atoms with Gasteiger partial charge in [0.15, 0.2) is 5.13 Å². The molecule has 0 amide bonds. The molecule has 2 N–H and O–H groups in total. The number of aromatic carboxylic acids is 1. The molecule has 0 fully saturated rings. The van der Waals surface area contributed by atoms with Crippen molar-refractivity contribution < 1.29 is 9.90 Å². The number of anilines is 2. The summed E-state index contributed by atoms with van der Waals surface area (Å²) in [7, 11) is 0. The molecule has 0 bridgehead atoms. The highest BCUT2D eigenvalue weighted by atomic mass is 32.1. The van der Waals surface area contributed by atoms with E-state index in [1.807, 2.05) is 61.5 Å². The van der Waals surface area contributed by atoms with Gasteiger partial charge in [-0.25, -0.2) is 9.78 Å². The number of carboxylic acid groups (broad SMARTS) is 1. The first-order valence-electron chi connectivity index (χ1n) is 6.77. The summed E-state index contributed by atoms with van der Waals surface area (Å²) >= 11 is 1.14. The summed E-state index contributed by atoms with van der Waals surface area (Å²) in [4.78, 5) is 16.1. The Hall–Kier alpha value is -2.66. The Morgan fingerprint density at radius 3 is 2.41 bits per heavy atom. The molecule has 3 aromatic rings. The second-order valence-corrected chi connectivity index (χ2v) is 5.86. The summed E-state index contributed by atoms with van der Waals surface area (Å²) in [5.74, 6) is -0.965. The molecule has 3 rings (SSSR count). The molecule has 0 aliphatic rings. The average Bonchev–Trinajstić information content (AvgIpc) is 2.95. The van der Waals surface area contributed by atoms with E-state index in [9.17, 15) is 9.90 Å². The van der Waals surface area contributed by atoms with E-state index in [1.165, 1.54) is 5.56 Å². The minimum Gasteiger partial charge on any atom is -0.477 e. The van der Waals surface area contributed by atoms with Crippen LogP contribution in [0.15, 0.2) is 54.6 Å². The number of nitrogens with zero attached hydrogens (tertiary/aromatic N) is 1. The van der Waals surface area contributed by atoms with Crippen LogP contribution in [0, 0.1) is 6.92 Å². The molecule has 0 radical (unpaired) electrons. The molecule has 2 aromatic carbocycles. The third-order valence-corrected chi connectivity index (χ3v) is 4.13. The highest BCUT2D eigenvalue weighted by Gasteiger charge is 2.18. The van der Waals surface area contributed by atoms with Gasteiger partial charge in [0, 0.05) is 11.3 Å². The SMILES string of the molecule is Cc1ccc(Nc2nc(-c3ccccc3)c(C(=O)O)s2)cc1. The van der Waals surface area contributed by atoms with Crippen molar-refractivity contribution in [2.45, 2.75) is 6.92 Å². The van der Waals surface area contributed by atoms with Gasteiger partial charge in [-0.15, -0.1) is 0 Å². The standard InChI is InChI=1S/C17H14N2O2S/c1-11-7-9-13(10-8-11)18-17-19-14(15(22-17)16(20)21)12-5-3-2-4-6-12/h2-10H,1H3,(H,18,19)(H,20,21). The van der Waals surface area contributed by atoms with Crippen LogP contribution in [-0.4, -0.2) is 16.1 Å². The van der Waals surface area contributed by atoms with Crippen LogP contribution in [0.5, 0.6) is 0 Å². The topological polar surface area (TPSA) is 62.2 Å². The van der Waals surface area contributed by atoms with E-state index in [4.69, 9.17) is 0 Å². The van der Waals surface area contributed by atoms with Crippen molar-refractivity contribution >= 4 is 28.1 Å². The van der Waals surface area contributed by atoms with E-state index >= 15 is 0 Å². The van der Waals surface area contributed by atoms with Gasteiger partial charge in [-0.05, 0) is 19.1 Å². The van der Waals surface area contributed by atoms with Gasteiger partial charge < -0.3 is 10.4 Å². The van der Waals surface area contributed by atoms with E-state index < -0.39 is 5.97 Å². The maximum absolute atomic E-state index is 11.4. The molecule has 1 aromatic heterocycles. The summed E-state index contributed by atoms with van der Waals surface area (Å²) in [6, 6.07) is 17.2. The lowest BCUT2D eigenvalue weighted by Gasteiger charge is -2.02. The Balaban J connectivity index is 1.97. The largest absolute Gasteiger partial charge is 0.477 e. The Labute approximate surface area is 132 Å². The minimum absolute atomic E-state index is 0.237. The number of carbonyl (C=O) groups is 1. The summed E-state index contributed by atoms with van der Waals surface area (Å²) < 4.78 is 0. The molecule has 22 heavy (non-hydrogen) atoms. The first kappa shape index (κ1) is 14.3. The van der Waals surface area contributed by atoms with Crippen molar-refractivity contribution in [3.05, 3.63) is 65.0 Å². The fourth-order valence-corrected chi connectivity index (χ4v) is 2.92. The van der Waals surface area contributed by atoms with E-state index in [2.05, 4.69) is 10.3 Å². The van der Waals surface area contributed by atoms with Crippen molar-refractivity contribution in [1.82, 2.24) is 4.98 Å². The van der Waals surface area contributed by atoms with Crippen LogP contribution in [-0.2, 0) is 0 Å². The zero-order valence-corrected chi connectivity index (χ0v) is 12.7. The highest BCUT2D eigenvalue weighted by Crippen LogP contribution is 2.32. The Morgan fingerprint density at radius 1 is 1.09 bits per heavy atom. The molecule has 0 saturated heterocycles. The fourth-order valence-electron chi connectivity index (χ4n) is 2.07. The highest BCUT2D eigenvalue weighted by molar-refractivity contribution is 7.18. The van der Waals surface area contributed by atoms with Gasteiger partial charge in [0.1, 0.15) is 4.88 Å². The third kappa shape index (κ3) is 2.99. The Morgan fingerprint density at radius 2 is 1.77 bits per heavy atom. The molecule has 0 saturated carbocycles. The van der Waals surface area contributed by atoms with Gasteiger partial charge >= 0.3 is 5.97 Å². The fraction of sp³-hybridized carbons (Fsp3) is 0.0588. The monoisotopic (exact) mass is 310 g/mol. The van der Waals surface area contributed by atoms with Gasteiger partial charge in [0.2, 0.25) is 0 Å². The van der Waals surface area contributed by atoms with E-state index in [0.29, 0.717) is 10.8 Å². The number of thiazole rings is 1. The van der Waals surface area contributed by atoms with Crippen molar-refractivity contribution in [2.24, 2.45) is 0 Å². The Kier molecular flexibility index (Phi) is 3.89. The van der Waals surface area contributed by atoms with Gasteiger partial charge in [0.25, 0.3) is 0 Å². The van der Waals surface area contributed by atoms with E-state index in [0.717, 1.165) is 22.6 Å². The van der Waals surface area contributed by atoms with Crippen LogP contribution in [0.25, 0.3) is 11.3 Å². The minimum atomic E-state index is -0.965. The summed E-state index contributed by atoms with van der Waals surface area (Å²) in [6.07, 6.45) is 0. The number of rotatable bonds is 4. The number of hydrogen-bond acceptors (Lipinski definition) is 4. The Bertz CT molecular complexity index is 795. The quantitative estimate of drug-likeness (QED) is 0.741. The molecular formula is C17H14N2O2S. The molecule has 0 aliphatic carbocycles. The second-order valence-electron chi connectivity index (χ2n) is 4.86. The van der Waals surface area contributed by atoms with Crippen molar-refractivity contribution in [1.29, 1.82) is 0 Å². The first-order chi connectivity index (χ1) is 10.6. The first-order valence-corrected chi connectivity index (χ1v) is 7.58. The molecule has 1 heterocycles. The molecular weight excluding hydrogens is 296 g/mol. The molecule has 110 valence electrons. The molecule has 5 heteroatoms. The normalized spacial score (nSPS) is 10.4. The lowest BCUT2D eigenvalue weighted by atomic mass is 10.1. The van der Waals surface area contributed by atoms with Crippen LogP contribution < -0.4 is 5.32 Å². The molecule has 0 atom stereocenters. The molecule has 0 aliphatic heterocycles. The van der Waals surface area contributed by atoms with E-state index in [-0.39, 0.29) is 4.88 Å². The van der Waals surface area contributed by atoms with Crippen LogP contribution in [0.4, 0.5) is 10.8 Å². The van der Waals surface area contributed by atoms with Crippen LogP contribution in [0.3, 0.4) is 0 Å². The smallest absolute Gasteiger partial charge is 0.348 e. The maximum atomic E-state index is 11.4. The molecule has 4 nitrogen and oxygen atoms in total. The van der Waals surface area contributed by atoms with Crippen LogP contribution in [0.2, 0.25) is 0 Å². The number of benzene rings is 2. The zero-order chi connectivity index (χ0) is 15.5. The predicted octanol–water partition coefficient (Wildman–Crippen LogP) is 4.56. The zero-order valence-electron chi connectivity index (χ0n) is 11.9. The summed E-state index contributed by atoms with van der Waals surface area (Å²) in [5.41, 5.74) is 3.35. The van der Waals surface area contributed by atoms with Gasteiger partial charge in [0.05, 0.1) is 5.69 Å². The number of carboxylic acids is 1. The number of aryl methyl sites for hydroxylation is 1. The summed E-state index contributed by atoms with van der Waals surface area (Å²) in [6.45, 7) is 2.02. The van der Waals surface area contributed by atoms with E-state index in [1.54, 1.807) is 0 Å². The number of hydrogen-bond donors (Lipinski definition) is 2. The average molecular weight is 310 g/mol. The summed E-state index contributed by atoms with van der Waals surface area (Å²) in [5, 5.41) is 13.1. The van der Waals surface area contributed by atoms with Crippen LogP contribution in [0.1, 0.15) is 15.2 Å². The third-order valence-electron chi connectivity index (χ3n) is 3.17. The molecule has 0 unspecified atom stereocenters. The van der Waals surface area contributed by atoms with Gasteiger partial charge in [-0.2, -0.15) is 0 Å². The lowest BCUT2D eigenvalue weighted by Crippen LogP contribution is -1.95. The van der Waals surface area contributed by atoms with Gasteiger partial charge in [-0.1, -0.05) is 59.4 Å². The van der Waals surface area contributed by atoms with Crippen molar-refractivity contribution in [3.63, 3.8) is 0 Å². The molecule has 0 spiro atoms. The maximum Gasteiger partial charge on any atom is 0.348 e. The van der Waals surface area contributed by atoms with Crippen LogP contribution >= 0.6 is 11.3 Å². The lowest BCUT2D eigenvalue weighted by molar-refractivity contribution is 0.0702. The van der Waals surface area contributed by atoms with Crippen molar-refractivity contribution in [3.8, 4) is 11.3 Å². The second kappa shape index (κ2) is 5.99. The number of nitrogens with one attached hydrogen (secondary N) is 1. The van der Waals surface area contributed by atoms with Gasteiger partial charge in [-0.3, -0.25) is 0 Å².